The average Bonchev–Trinajstić information content (AvgIpc) is 3.53. The third kappa shape index (κ3) is 3.70. The molecule has 3 heterocycles. The second-order valence-electron chi connectivity index (χ2n) is 8.51. The highest BCUT2D eigenvalue weighted by Crippen LogP contribution is 2.27. The normalized spacial score (nSPS) is 18.3. The minimum Gasteiger partial charge on any atom is -0.330 e. The molecule has 5 rings (SSSR count). The van der Waals surface area contributed by atoms with Crippen LogP contribution < -0.4 is 4.90 Å². The summed E-state index contributed by atoms with van der Waals surface area (Å²) in [4.78, 5) is 30.0. The lowest BCUT2D eigenvalue weighted by atomic mass is 10.1. The minimum atomic E-state index is 0.0313. The largest absolute Gasteiger partial charge is 0.330 e. The molecule has 0 radical (unpaired) electrons. The number of quaternary nitrogens is 1. The average molecular weight is 423 g/mol. The van der Waals surface area contributed by atoms with Crippen LogP contribution >= 0.6 is 11.3 Å². The Kier molecular flexibility index (Phi) is 5.44. The molecule has 2 aromatic heterocycles. The lowest BCUT2D eigenvalue weighted by Gasteiger charge is -2.35. The number of carbonyl (C=O) groups excluding carboxylic acids is 2. The van der Waals surface area contributed by atoms with Crippen LogP contribution in [0.25, 0.3) is 10.2 Å². The van der Waals surface area contributed by atoms with Gasteiger partial charge in [0.1, 0.15) is 5.69 Å². The van der Waals surface area contributed by atoms with E-state index in [1.807, 2.05) is 57.3 Å². The molecular weight excluding hydrogens is 394 g/mol. The van der Waals surface area contributed by atoms with Gasteiger partial charge >= 0.3 is 0 Å². The monoisotopic (exact) mass is 422 g/mol. The predicted molar refractivity (Wildman–Crippen MR) is 119 cm³/mol. The molecule has 30 heavy (non-hydrogen) atoms. The molecule has 1 saturated carbocycles. The smallest absolute Gasteiger partial charge is 0.270 e. The molecule has 5 nitrogen and oxygen atoms in total. The van der Waals surface area contributed by atoms with E-state index in [-0.39, 0.29) is 18.2 Å². The molecule has 0 spiro atoms. The first-order valence-corrected chi connectivity index (χ1v) is 11.9. The molecule has 1 N–H and O–H groups in total. The number of hydrogen-bond donors (Lipinski definition) is 1. The number of benzene rings is 1. The van der Waals surface area contributed by atoms with Gasteiger partial charge in [0.25, 0.3) is 5.91 Å². The van der Waals surface area contributed by atoms with Gasteiger partial charge in [0.2, 0.25) is 0 Å². The number of nitrogens with one attached hydrogen (secondary N) is 1. The number of aromatic nitrogens is 1. The lowest BCUT2D eigenvalue weighted by molar-refractivity contribution is -0.928. The van der Waals surface area contributed by atoms with Crippen LogP contribution in [-0.4, -0.2) is 53.4 Å². The molecule has 1 aliphatic carbocycles. The van der Waals surface area contributed by atoms with E-state index in [1.54, 1.807) is 16.2 Å². The van der Waals surface area contributed by atoms with Crippen LogP contribution in [0.1, 0.15) is 46.5 Å². The van der Waals surface area contributed by atoms with Gasteiger partial charge in [-0.05, 0) is 43.2 Å². The first-order valence-electron chi connectivity index (χ1n) is 11.0. The Hall–Kier alpha value is -2.44. The number of thiophene rings is 1. The van der Waals surface area contributed by atoms with Gasteiger partial charge in [-0.15, -0.1) is 11.3 Å². The van der Waals surface area contributed by atoms with Crippen LogP contribution in [0.2, 0.25) is 0 Å². The van der Waals surface area contributed by atoms with E-state index in [4.69, 9.17) is 0 Å². The molecule has 6 heteroatoms. The van der Waals surface area contributed by atoms with Crippen LogP contribution in [-0.2, 0) is 6.54 Å². The van der Waals surface area contributed by atoms with Crippen molar-refractivity contribution in [3.8, 4) is 0 Å². The Morgan fingerprint density at radius 2 is 1.77 bits per heavy atom. The van der Waals surface area contributed by atoms with Crippen molar-refractivity contribution >= 4 is 33.2 Å². The van der Waals surface area contributed by atoms with Crippen molar-refractivity contribution in [3.63, 3.8) is 0 Å². The van der Waals surface area contributed by atoms with Gasteiger partial charge in [-0.3, -0.25) is 9.59 Å². The van der Waals surface area contributed by atoms with Crippen molar-refractivity contribution in [3.05, 3.63) is 59.1 Å². The zero-order valence-corrected chi connectivity index (χ0v) is 18.0. The van der Waals surface area contributed by atoms with Crippen LogP contribution in [0.15, 0.2) is 47.8 Å². The van der Waals surface area contributed by atoms with Crippen LogP contribution in [0.4, 0.5) is 0 Å². The maximum Gasteiger partial charge on any atom is 0.270 e. The number of rotatable bonds is 5. The quantitative estimate of drug-likeness (QED) is 0.643. The number of fused-ring (bicyclic) bond motifs is 1. The Morgan fingerprint density at radius 3 is 2.50 bits per heavy atom. The van der Waals surface area contributed by atoms with Crippen LogP contribution in [0, 0.1) is 0 Å². The molecular formula is C24H28N3O2S+. The van der Waals surface area contributed by atoms with E-state index >= 15 is 0 Å². The van der Waals surface area contributed by atoms with Crippen LogP contribution in [0.5, 0.6) is 0 Å². The Balaban J connectivity index is 1.35. The van der Waals surface area contributed by atoms with Gasteiger partial charge in [-0.25, -0.2) is 0 Å². The Bertz CT molecular complexity index is 1040. The molecule has 1 aromatic carbocycles. The summed E-state index contributed by atoms with van der Waals surface area (Å²) in [6, 6.07) is 14.1. The number of carbonyl (C=O) groups is 2. The highest BCUT2D eigenvalue weighted by atomic mass is 32.1. The van der Waals surface area contributed by atoms with Gasteiger partial charge in [0.05, 0.1) is 49.0 Å². The topological polar surface area (TPSA) is 46.8 Å². The fourth-order valence-electron chi connectivity index (χ4n) is 5.08. The Labute approximate surface area is 180 Å². The van der Waals surface area contributed by atoms with Gasteiger partial charge in [0.15, 0.2) is 5.78 Å². The van der Waals surface area contributed by atoms with Gasteiger partial charge in [-0.1, -0.05) is 30.3 Å². The number of Topliss-reactive ketones (excluding diaryl/α,β-unsaturated/α-hetero) is 1. The summed E-state index contributed by atoms with van der Waals surface area (Å²) in [6.45, 7) is 3.87. The molecule has 2 fully saturated rings. The molecule has 3 aromatic rings. The van der Waals surface area contributed by atoms with Crippen LogP contribution in [0.3, 0.4) is 0 Å². The van der Waals surface area contributed by atoms with E-state index in [2.05, 4.69) is 0 Å². The SMILES string of the molecule is O=C(Cn1c(C(=O)N2CC[NH+](C3CCCC3)CC2)cc2sccc21)c1ccccc1. The summed E-state index contributed by atoms with van der Waals surface area (Å²) in [6.07, 6.45) is 5.39. The Morgan fingerprint density at radius 1 is 1.03 bits per heavy atom. The zero-order valence-electron chi connectivity index (χ0n) is 17.2. The summed E-state index contributed by atoms with van der Waals surface area (Å²) >= 11 is 1.62. The highest BCUT2D eigenvalue weighted by molar-refractivity contribution is 7.17. The van der Waals surface area contributed by atoms with E-state index in [0.717, 1.165) is 42.4 Å². The fraction of sp³-hybridized carbons (Fsp3) is 0.417. The minimum absolute atomic E-state index is 0.0313. The predicted octanol–water partition coefficient (Wildman–Crippen LogP) is 2.87. The standard InChI is InChI=1S/C24H27N3O2S/c28-22(18-6-2-1-3-7-18)17-27-20-10-15-30-23(20)16-21(27)24(29)26-13-11-25(12-14-26)19-8-4-5-9-19/h1-3,6-7,10,15-16,19H,4-5,8-9,11-14,17H2/p+1. The second kappa shape index (κ2) is 8.36. The summed E-state index contributed by atoms with van der Waals surface area (Å²) in [5, 5.41) is 2.02. The molecule has 1 saturated heterocycles. The highest BCUT2D eigenvalue weighted by Gasteiger charge is 2.32. The van der Waals surface area contributed by atoms with E-state index in [1.165, 1.54) is 25.7 Å². The van der Waals surface area contributed by atoms with Crippen molar-refractivity contribution in [1.29, 1.82) is 0 Å². The lowest BCUT2D eigenvalue weighted by Crippen LogP contribution is -3.18. The number of piperazine rings is 1. The summed E-state index contributed by atoms with van der Waals surface area (Å²) in [5.74, 6) is 0.0913. The molecule has 1 aliphatic heterocycles. The van der Waals surface area contributed by atoms with Crippen molar-refractivity contribution in [2.45, 2.75) is 38.3 Å². The molecule has 0 atom stereocenters. The number of ketones is 1. The molecule has 156 valence electrons. The van der Waals surface area contributed by atoms with Gasteiger partial charge in [-0.2, -0.15) is 0 Å². The third-order valence-corrected chi connectivity index (χ3v) is 7.62. The molecule has 1 amide bonds. The van der Waals surface area contributed by atoms with Crippen molar-refractivity contribution < 1.29 is 14.5 Å². The van der Waals surface area contributed by atoms with Gasteiger partial charge in [0, 0.05) is 5.56 Å². The first-order chi connectivity index (χ1) is 14.7. The fourth-order valence-corrected chi connectivity index (χ4v) is 5.91. The maximum absolute atomic E-state index is 13.4. The van der Waals surface area contributed by atoms with Crippen molar-refractivity contribution in [2.24, 2.45) is 0 Å². The van der Waals surface area contributed by atoms with Crippen molar-refractivity contribution in [2.75, 3.05) is 26.2 Å². The molecule has 0 bridgehead atoms. The van der Waals surface area contributed by atoms with E-state index in [9.17, 15) is 9.59 Å². The summed E-state index contributed by atoms with van der Waals surface area (Å²) in [5.41, 5.74) is 2.30. The summed E-state index contributed by atoms with van der Waals surface area (Å²) in [7, 11) is 0. The number of nitrogens with zero attached hydrogens (tertiary/aromatic N) is 2. The number of amides is 1. The van der Waals surface area contributed by atoms with E-state index < -0.39 is 0 Å². The first kappa shape index (κ1) is 19.5. The summed E-state index contributed by atoms with van der Waals surface area (Å²) < 4.78 is 2.98. The maximum atomic E-state index is 13.4. The number of hydrogen-bond acceptors (Lipinski definition) is 3. The molecule has 2 aliphatic rings. The zero-order chi connectivity index (χ0) is 20.5. The van der Waals surface area contributed by atoms with Crippen molar-refractivity contribution in [1.82, 2.24) is 9.47 Å². The third-order valence-electron chi connectivity index (χ3n) is 6.76. The molecule has 0 unspecified atom stereocenters. The second-order valence-corrected chi connectivity index (χ2v) is 9.45. The van der Waals surface area contributed by atoms with E-state index in [0.29, 0.717) is 11.3 Å². The van der Waals surface area contributed by atoms with Gasteiger partial charge < -0.3 is 14.4 Å².